The van der Waals surface area contributed by atoms with Crippen molar-refractivity contribution in [2.45, 2.75) is 24.8 Å². The predicted molar refractivity (Wildman–Crippen MR) is 53.9 cm³/mol. The molecule has 0 spiro atoms. The van der Waals surface area contributed by atoms with Crippen LogP contribution in [0.2, 0.25) is 0 Å². The summed E-state index contributed by atoms with van der Waals surface area (Å²) in [6, 6.07) is 0.877. The lowest BCUT2D eigenvalue weighted by Gasteiger charge is -2.11. The Labute approximate surface area is 93.6 Å². The van der Waals surface area contributed by atoms with Gasteiger partial charge < -0.3 is 5.73 Å². The fourth-order valence-electron chi connectivity index (χ4n) is 1.47. The summed E-state index contributed by atoms with van der Waals surface area (Å²) >= 11 is 2.68. The highest BCUT2D eigenvalue weighted by Crippen LogP contribution is 2.37. The highest BCUT2D eigenvalue weighted by Gasteiger charge is 2.39. The van der Waals surface area contributed by atoms with Crippen LogP contribution in [0, 0.1) is 17.5 Å². The highest BCUT2D eigenvalue weighted by atomic mass is 79.9. The second kappa shape index (κ2) is 3.49. The van der Waals surface area contributed by atoms with E-state index in [-0.39, 0.29) is 12.0 Å². The van der Waals surface area contributed by atoms with Crippen LogP contribution in [-0.2, 0) is 6.42 Å². The molecule has 0 atom stereocenters. The van der Waals surface area contributed by atoms with E-state index < -0.39 is 27.5 Å². The van der Waals surface area contributed by atoms with Gasteiger partial charge in [-0.15, -0.1) is 0 Å². The maximum Gasteiger partial charge on any atom is 0.175 e. The smallest absolute Gasteiger partial charge is 0.175 e. The van der Waals surface area contributed by atoms with Crippen molar-refractivity contribution in [3.8, 4) is 0 Å². The topological polar surface area (TPSA) is 26.0 Å². The van der Waals surface area contributed by atoms with Gasteiger partial charge in [-0.3, -0.25) is 0 Å². The van der Waals surface area contributed by atoms with Gasteiger partial charge in [-0.25, -0.2) is 13.2 Å². The molecule has 0 radical (unpaired) electrons. The van der Waals surface area contributed by atoms with Gasteiger partial charge in [0.1, 0.15) is 5.82 Å². The third-order valence-corrected chi connectivity index (χ3v) is 3.31. The molecule has 1 nitrogen and oxygen atoms in total. The van der Waals surface area contributed by atoms with E-state index in [1.54, 1.807) is 0 Å². The van der Waals surface area contributed by atoms with Gasteiger partial charge in [0.25, 0.3) is 0 Å². The van der Waals surface area contributed by atoms with E-state index in [0.29, 0.717) is 0 Å². The van der Waals surface area contributed by atoms with Crippen LogP contribution in [0.1, 0.15) is 18.4 Å². The van der Waals surface area contributed by atoms with Gasteiger partial charge in [-0.2, -0.15) is 0 Å². The van der Waals surface area contributed by atoms with E-state index in [2.05, 4.69) is 15.9 Å². The molecule has 82 valence electrons. The fraction of sp³-hybridized carbons (Fsp3) is 0.400. The molecular formula is C10H9BrF3N. The fourth-order valence-corrected chi connectivity index (χ4v) is 1.91. The average Bonchev–Trinajstić information content (AvgIpc) is 2.89. The first-order valence-corrected chi connectivity index (χ1v) is 5.33. The Morgan fingerprint density at radius 1 is 1.27 bits per heavy atom. The van der Waals surface area contributed by atoms with Gasteiger partial charge in [0.05, 0.1) is 4.47 Å². The van der Waals surface area contributed by atoms with Crippen LogP contribution >= 0.6 is 15.9 Å². The lowest BCUT2D eigenvalue weighted by Crippen LogP contribution is -2.25. The molecule has 1 aliphatic rings. The van der Waals surface area contributed by atoms with Crippen molar-refractivity contribution in [3.05, 3.63) is 33.6 Å². The minimum atomic E-state index is -1.20. The average molecular weight is 280 g/mol. The number of nitrogens with two attached hydrogens (primary N) is 1. The second-order valence-corrected chi connectivity index (χ2v) is 4.79. The summed E-state index contributed by atoms with van der Waals surface area (Å²) in [6.45, 7) is 0. The number of hydrogen-bond acceptors (Lipinski definition) is 1. The van der Waals surface area contributed by atoms with Crippen LogP contribution in [0.4, 0.5) is 13.2 Å². The molecule has 1 aromatic rings. The van der Waals surface area contributed by atoms with Gasteiger partial charge in [-0.05, 0) is 46.8 Å². The van der Waals surface area contributed by atoms with Crippen molar-refractivity contribution in [1.82, 2.24) is 0 Å². The van der Waals surface area contributed by atoms with Crippen LogP contribution in [0.25, 0.3) is 0 Å². The van der Waals surface area contributed by atoms with Gasteiger partial charge in [-0.1, -0.05) is 0 Å². The first kappa shape index (κ1) is 11.0. The number of hydrogen-bond donors (Lipinski definition) is 1. The second-order valence-electron chi connectivity index (χ2n) is 4.00. The molecular weight excluding hydrogens is 271 g/mol. The Bertz CT molecular complexity index is 416. The Morgan fingerprint density at radius 2 is 1.87 bits per heavy atom. The first-order chi connectivity index (χ1) is 6.93. The van der Waals surface area contributed by atoms with Crippen molar-refractivity contribution in [1.29, 1.82) is 0 Å². The lowest BCUT2D eigenvalue weighted by atomic mass is 10.0. The minimum absolute atomic E-state index is 0.126. The van der Waals surface area contributed by atoms with Gasteiger partial charge in [0.15, 0.2) is 11.6 Å². The van der Waals surface area contributed by atoms with Crippen molar-refractivity contribution < 1.29 is 13.2 Å². The van der Waals surface area contributed by atoms with Crippen LogP contribution in [0.3, 0.4) is 0 Å². The van der Waals surface area contributed by atoms with E-state index in [4.69, 9.17) is 5.73 Å². The molecule has 2 N–H and O–H groups in total. The molecule has 1 aliphatic carbocycles. The minimum Gasteiger partial charge on any atom is -0.325 e. The number of benzene rings is 1. The molecule has 0 heterocycles. The molecule has 1 saturated carbocycles. The zero-order chi connectivity index (χ0) is 11.2. The summed E-state index contributed by atoms with van der Waals surface area (Å²) in [5.41, 5.74) is 5.49. The SMILES string of the molecule is NC1(Cc2cc(F)c(F)c(Br)c2F)CC1. The molecule has 0 aromatic heterocycles. The Hall–Kier alpha value is -0.550. The molecule has 1 aromatic carbocycles. The Morgan fingerprint density at radius 3 is 2.40 bits per heavy atom. The molecule has 0 bridgehead atoms. The summed E-state index contributed by atoms with van der Waals surface area (Å²) < 4.78 is 39.0. The van der Waals surface area contributed by atoms with E-state index in [1.165, 1.54) is 0 Å². The van der Waals surface area contributed by atoms with Crippen LogP contribution in [-0.4, -0.2) is 5.54 Å². The van der Waals surface area contributed by atoms with Crippen LogP contribution in [0.15, 0.2) is 10.5 Å². The zero-order valence-electron chi connectivity index (χ0n) is 7.79. The van der Waals surface area contributed by atoms with E-state index in [0.717, 1.165) is 18.9 Å². The van der Waals surface area contributed by atoms with E-state index in [1.807, 2.05) is 0 Å². The molecule has 0 unspecified atom stereocenters. The van der Waals surface area contributed by atoms with Crippen molar-refractivity contribution in [2.24, 2.45) is 5.73 Å². The summed E-state index contributed by atoms with van der Waals surface area (Å²) in [7, 11) is 0. The van der Waals surface area contributed by atoms with E-state index >= 15 is 0 Å². The molecule has 0 amide bonds. The van der Waals surface area contributed by atoms with Gasteiger partial charge >= 0.3 is 0 Å². The molecule has 2 rings (SSSR count). The molecule has 0 saturated heterocycles. The highest BCUT2D eigenvalue weighted by molar-refractivity contribution is 9.10. The molecule has 1 fully saturated rings. The van der Waals surface area contributed by atoms with Gasteiger partial charge in [0, 0.05) is 5.54 Å². The zero-order valence-corrected chi connectivity index (χ0v) is 9.37. The molecule has 15 heavy (non-hydrogen) atoms. The van der Waals surface area contributed by atoms with Crippen molar-refractivity contribution >= 4 is 15.9 Å². The quantitative estimate of drug-likeness (QED) is 0.654. The van der Waals surface area contributed by atoms with Crippen LogP contribution < -0.4 is 5.73 Å². The summed E-state index contributed by atoms with van der Waals surface area (Å²) in [5.74, 6) is -3.01. The van der Waals surface area contributed by atoms with E-state index in [9.17, 15) is 13.2 Å². The predicted octanol–water partition coefficient (Wildman–Crippen LogP) is 2.90. The summed E-state index contributed by atoms with van der Waals surface area (Å²) in [6.07, 6.45) is 1.83. The number of rotatable bonds is 2. The maximum absolute atomic E-state index is 13.5. The van der Waals surface area contributed by atoms with Crippen molar-refractivity contribution in [2.75, 3.05) is 0 Å². The maximum atomic E-state index is 13.5. The lowest BCUT2D eigenvalue weighted by molar-refractivity contribution is 0.478. The van der Waals surface area contributed by atoms with Crippen molar-refractivity contribution in [3.63, 3.8) is 0 Å². The monoisotopic (exact) mass is 279 g/mol. The van der Waals surface area contributed by atoms with Gasteiger partial charge in [0.2, 0.25) is 0 Å². The Balaban J connectivity index is 2.39. The normalized spacial score (nSPS) is 17.9. The van der Waals surface area contributed by atoms with Crippen LogP contribution in [0.5, 0.6) is 0 Å². The first-order valence-electron chi connectivity index (χ1n) is 4.54. The summed E-state index contributed by atoms with van der Waals surface area (Å²) in [5, 5.41) is 0. The Kier molecular flexibility index (Phi) is 2.55. The third kappa shape index (κ3) is 2.03. The largest absolute Gasteiger partial charge is 0.325 e. The number of halogens is 4. The molecule has 5 heteroatoms. The standard InChI is InChI=1S/C10H9BrF3N/c11-7-8(13)5(3-6(12)9(7)14)4-10(15)1-2-10/h3H,1-2,4,15H2. The summed E-state index contributed by atoms with van der Waals surface area (Å²) in [4.78, 5) is 0. The third-order valence-electron chi connectivity index (χ3n) is 2.61. The molecule has 0 aliphatic heterocycles.